The van der Waals surface area contributed by atoms with Gasteiger partial charge in [0.1, 0.15) is 11.4 Å². The molecule has 17 heavy (non-hydrogen) atoms. The summed E-state index contributed by atoms with van der Waals surface area (Å²) in [5.41, 5.74) is 2.52. The molecule has 1 N–H and O–H groups in total. The van der Waals surface area contributed by atoms with E-state index in [1.54, 1.807) is 0 Å². The molecule has 0 bridgehead atoms. The molecule has 0 radical (unpaired) electrons. The van der Waals surface area contributed by atoms with Crippen LogP contribution in [0, 0.1) is 0 Å². The molecule has 1 aromatic carbocycles. The predicted octanol–water partition coefficient (Wildman–Crippen LogP) is 3.55. The lowest BCUT2D eigenvalue weighted by Gasteiger charge is -2.33. The number of oxime groups is 1. The molecular weight excluding hydrogens is 214 g/mol. The van der Waals surface area contributed by atoms with Crippen LogP contribution in [-0.4, -0.2) is 16.5 Å². The van der Waals surface area contributed by atoms with Crippen molar-refractivity contribution in [2.75, 3.05) is 0 Å². The molecule has 0 atom stereocenters. The van der Waals surface area contributed by atoms with Crippen LogP contribution in [-0.2, 0) is 0 Å². The molecule has 0 saturated heterocycles. The van der Waals surface area contributed by atoms with Gasteiger partial charge in [0, 0.05) is 12.0 Å². The Morgan fingerprint density at radius 1 is 1.35 bits per heavy atom. The molecule has 0 fully saturated rings. The monoisotopic (exact) mass is 233 g/mol. The Labute approximate surface area is 102 Å². The van der Waals surface area contributed by atoms with E-state index in [2.05, 4.69) is 25.1 Å². The molecule has 0 amide bonds. The first-order chi connectivity index (χ1) is 7.93. The number of nitrogens with zero attached hydrogens (tertiary/aromatic N) is 1. The van der Waals surface area contributed by atoms with Gasteiger partial charge in [0.2, 0.25) is 0 Å². The molecule has 0 unspecified atom stereocenters. The smallest absolute Gasteiger partial charge is 0.129 e. The van der Waals surface area contributed by atoms with Crippen LogP contribution < -0.4 is 4.74 Å². The highest BCUT2D eigenvalue weighted by Crippen LogP contribution is 2.35. The molecule has 1 aromatic rings. The van der Waals surface area contributed by atoms with Crippen molar-refractivity contribution in [3.05, 3.63) is 29.3 Å². The van der Waals surface area contributed by atoms with Gasteiger partial charge in [-0.05, 0) is 37.5 Å². The third-order valence-corrected chi connectivity index (χ3v) is 3.08. The van der Waals surface area contributed by atoms with Gasteiger partial charge in [0.25, 0.3) is 0 Å². The van der Waals surface area contributed by atoms with Crippen LogP contribution in [0.4, 0.5) is 0 Å². The van der Waals surface area contributed by atoms with Crippen molar-refractivity contribution in [1.82, 2.24) is 0 Å². The fourth-order valence-electron chi connectivity index (χ4n) is 2.14. The lowest BCUT2D eigenvalue weighted by Crippen LogP contribution is -2.36. The van der Waals surface area contributed by atoms with Crippen LogP contribution in [0.15, 0.2) is 23.4 Å². The molecule has 0 aromatic heterocycles. The second kappa shape index (κ2) is 4.06. The van der Waals surface area contributed by atoms with Crippen molar-refractivity contribution in [2.45, 2.75) is 45.6 Å². The number of hydrogen-bond acceptors (Lipinski definition) is 3. The summed E-state index contributed by atoms with van der Waals surface area (Å²) < 4.78 is 5.95. The van der Waals surface area contributed by atoms with E-state index in [9.17, 15) is 0 Å². The average Bonchev–Trinajstić information content (AvgIpc) is 2.25. The summed E-state index contributed by atoms with van der Waals surface area (Å²) in [6, 6.07) is 6.09. The van der Waals surface area contributed by atoms with Crippen molar-refractivity contribution in [3.8, 4) is 5.75 Å². The summed E-state index contributed by atoms with van der Waals surface area (Å²) in [6.07, 6.45) is 0.623. The minimum atomic E-state index is -0.315. The predicted molar refractivity (Wildman–Crippen MR) is 68.2 cm³/mol. The first kappa shape index (κ1) is 12.0. The minimum Gasteiger partial charge on any atom is -0.487 e. The van der Waals surface area contributed by atoms with Crippen molar-refractivity contribution in [2.24, 2.45) is 5.16 Å². The number of benzene rings is 1. The molecule has 3 heteroatoms. The van der Waals surface area contributed by atoms with Crippen LogP contribution in [0.3, 0.4) is 0 Å². The number of ether oxygens (including phenoxy) is 1. The van der Waals surface area contributed by atoms with Crippen molar-refractivity contribution >= 4 is 5.71 Å². The molecule has 3 nitrogen and oxygen atoms in total. The van der Waals surface area contributed by atoms with Crippen molar-refractivity contribution < 1.29 is 9.94 Å². The number of hydrogen-bond donors (Lipinski definition) is 1. The Kier molecular flexibility index (Phi) is 2.86. The van der Waals surface area contributed by atoms with Crippen LogP contribution in [0.2, 0.25) is 0 Å². The van der Waals surface area contributed by atoms with E-state index in [0.717, 1.165) is 11.3 Å². The molecule has 0 spiro atoms. The van der Waals surface area contributed by atoms with Crippen LogP contribution in [0.25, 0.3) is 0 Å². The second-order valence-electron chi connectivity index (χ2n) is 5.50. The Hall–Kier alpha value is -1.51. The first-order valence-corrected chi connectivity index (χ1v) is 5.97. The van der Waals surface area contributed by atoms with E-state index in [1.165, 1.54) is 5.56 Å². The van der Waals surface area contributed by atoms with Gasteiger partial charge in [-0.1, -0.05) is 25.1 Å². The molecule has 1 aliphatic heterocycles. The minimum absolute atomic E-state index is 0.315. The fraction of sp³-hybridized carbons (Fsp3) is 0.500. The number of rotatable bonds is 1. The normalized spacial score (nSPS) is 20.2. The zero-order valence-electron chi connectivity index (χ0n) is 10.8. The van der Waals surface area contributed by atoms with Crippen LogP contribution in [0.1, 0.15) is 51.2 Å². The quantitative estimate of drug-likeness (QED) is 0.595. The fourth-order valence-corrected chi connectivity index (χ4v) is 2.14. The molecule has 1 heterocycles. The zero-order valence-corrected chi connectivity index (χ0v) is 10.8. The molecule has 0 aliphatic carbocycles. The Morgan fingerprint density at radius 2 is 2.06 bits per heavy atom. The highest BCUT2D eigenvalue weighted by molar-refractivity contribution is 6.04. The lowest BCUT2D eigenvalue weighted by atomic mass is 9.90. The SMILES string of the molecule is CC(C)c1ccc2c(c1)OC(C)(C)C/C2=N\O. The Balaban J connectivity index is 2.50. The average molecular weight is 233 g/mol. The Bertz CT molecular complexity index is 461. The number of fused-ring (bicyclic) bond motifs is 1. The van der Waals surface area contributed by atoms with Gasteiger partial charge in [0.05, 0.1) is 5.71 Å². The van der Waals surface area contributed by atoms with E-state index in [4.69, 9.17) is 9.94 Å². The van der Waals surface area contributed by atoms with E-state index in [-0.39, 0.29) is 5.60 Å². The third-order valence-electron chi connectivity index (χ3n) is 3.08. The van der Waals surface area contributed by atoms with Gasteiger partial charge in [-0.15, -0.1) is 0 Å². The van der Waals surface area contributed by atoms with Gasteiger partial charge in [0.15, 0.2) is 0 Å². The third kappa shape index (κ3) is 2.28. The van der Waals surface area contributed by atoms with Gasteiger partial charge >= 0.3 is 0 Å². The molecule has 0 saturated carbocycles. The maximum absolute atomic E-state index is 9.08. The summed E-state index contributed by atoms with van der Waals surface area (Å²) >= 11 is 0. The highest BCUT2D eigenvalue weighted by atomic mass is 16.5. The molecular formula is C14H19NO2. The van der Waals surface area contributed by atoms with E-state index >= 15 is 0 Å². The Morgan fingerprint density at radius 3 is 2.65 bits per heavy atom. The van der Waals surface area contributed by atoms with Gasteiger partial charge < -0.3 is 9.94 Å². The molecule has 1 aliphatic rings. The van der Waals surface area contributed by atoms with E-state index < -0.39 is 0 Å². The standard InChI is InChI=1S/C14H19NO2/c1-9(2)10-5-6-11-12(15-16)8-14(3,4)17-13(11)7-10/h5-7,9,16H,8H2,1-4H3/b15-12+. The molecule has 92 valence electrons. The van der Waals surface area contributed by atoms with Gasteiger partial charge in [-0.3, -0.25) is 0 Å². The second-order valence-corrected chi connectivity index (χ2v) is 5.50. The maximum atomic E-state index is 9.08. The largest absolute Gasteiger partial charge is 0.487 e. The zero-order chi connectivity index (χ0) is 12.6. The summed E-state index contributed by atoms with van der Waals surface area (Å²) in [7, 11) is 0. The highest BCUT2D eigenvalue weighted by Gasteiger charge is 2.31. The summed E-state index contributed by atoms with van der Waals surface area (Å²) in [5, 5.41) is 12.5. The lowest BCUT2D eigenvalue weighted by molar-refractivity contribution is 0.109. The first-order valence-electron chi connectivity index (χ1n) is 5.97. The van der Waals surface area contributed by atoms with Crippen molar-refractivity contribution in [3.63, 3.8) is 0 Å². The summed E-state index contributed by atoms with van der Waals surface area (Å²) in [5.74, 6) is 1.28. The maximum Gasteiger partial charge on any atom is 0.129 e. The topological polar surface area (TPSA) is 41.8 Å². The van der Waals surface area contributed by atoms with E-state index in [0.29, 0.717) is 18.1 Å². The molecule has 2 rings (SSSR count). The van der Waals surface area contributed by atoms with Crippen LogP contribution in [0.5, 0.6) is 5.75 Å². The van der Waals surface area contributed by atoms with Gasteiger partial charge in [-0.25, -0.2) is 0 Å². The van der Waals surface area contributed by atoms with Gasteiger partial charge in [-0.2, -0.15) is 0 Å². The summed E-state index contributed by atoms with van der Waals surface area (Å²) in [4.78, 5) is 0. The van der Waals surface area contributed by atoms with E-state index in [1.807, 2.05) is 26.0 Å². The van der Waals surface area contributed by atoms with Crippen LogP contribution >= 0.6 is 0 Å². The van der Waals surface area contributed by atoms with Crippen molar-refractivity contribution in [1.29, 1.82) is 0 Å². The summed E-state index contributed by atoms with van der Waals surface area (Å²) in [6.45, 7) is 8.31.